The topological polar surface area (TPSA) is 37.3 Å². The van der Waals surface area contributed by atoms with Gasteiger partial charge in [-0.05, 0) is 6.07 Å². The van der Waals surface area contributed by atoms with E-state index in [9.17, 15) is 9.18 Å². The molecule has 14 heavy (non-hydrogen) atoms. The van der Waals surface area contributed by atoms with E-state index in [-0.39, 0.29) is 17.0 Å². The number of benzene rings is 1. The highest BCUT2D eigenvalue weighted by atomic mass is 35.5. The second-order valence-corrected chi connectivity index (χ2v) is 2.88. The number of halogens is 2. The molecule has 0 radical (unpaired) electrons. The summed E-state index contributed by atoms with van der Waals surface area (Å²) < 4.78 is 13.4. The number of rotatable bonds is 3. The fourth-order valence-electron chi connectivity index (χ4n) is 1.02. The van der Waals surface area contributed by atoms with Gasteiger partial charge < -0.3 is 5.11 Å². The molecule has 0 unspecified atom stereocenters. The van der Waals surface area contributed by atoms with Crippen LogP contribution in [0.4, 0.5) is 4.39 Å². The maximum absolute atomic E-state index is 13.4. The fourth-order valence-corrected chi connectivity index (χ4v) is 1.10. The van der Waals surface area contributed by atoms with Crippen molar-refractivity contribution in [1.29, 1.82) is 0 Å². The van der Waals surface area contributed by atoms with E-state index in [1.54, 1.807) is 6.08 Å². The molecule has 0 heterocycles. The minimum absolute atomic E-state index is 0.227. The van der Waals surface area contributed by atoms with Gasteiger partial charge in [0, 0.05) is 11.4 Å². The SMILES string of the molecule is O=C(O)c1cccc(C=CCCl)c1F. The van der Waals surface area contributed by atoms with Crippen LogP contribution < -0.4 is 0 Å². The van der Waals surface area contributed by atoms with Gasteiger partial charge in [-0.3, -0.25) is 0 Å². The predicted molar refractivity (Wildman–Crippen MR) is 53.1 cm³/mol. The lowest BCUT2D eigenvalue weighted by molar-refractivity contribution is 0.0692. The summed E-state index contributed by atoms with van der Waals surface area (Å²) in [5, 5.41) is 8.63. The Labute approximate surface area is 85.6 Å². The van der Waals surface area contributed by atoms with E-state index in [1.165, 1.54) is 24.3 Å². The van der Waals surface area contributed by atoms with Crippen molar-refractivity contribution in [1.82, 2.24) is 0 Å². The second-order valence-electron chi connectivity index (χ2n) is 2.57. The van der Waals surface area contributed by atoms with E-state index in [0.29, 0.717) is 0 Å². The van der Waals surface area contributed by atoms with Crippen LogP contribution in [0.15, 0.2) is 24.3 Å². The van der Waals surface area contributed by atoms with E-state index in [0.717, 1.165) is 0 Å². The highest BCUT2D eigenvalue weighted by Gasteiger charge is 2.11. The first-order chi connectivity index (χ1) is 6.66. The number of carboxylic acid groups (broad SMARTS) is 1. The molecular weight excluding hydrogens is 207 g/mol. The van der Waals surface area contributed by atoms with Crippen molar-refractivity contribution in [2.24, 2.45) is 0 Å². The summed E-state index contributed by atoms with van der Waals surface area (Å²) in [5.41, 5.74) is -0.104. The molecule has 0 aliphatic carbocycles. The molecule has 1 rings (SSSR count). The van der Waals surface area contributed by atoms with Crippen LogP contribution in [0.25, 0.3) is 6.08 Å². The lowest BCUT2D eigenvalue weighted by atomic mass is 10.1. The van der Waals surface area contributed by atoms with Gasteiger partial charge in [-0.15, -0.1) is 11.6 Å². The third-order valence-corrected chi connectivity index (χ3v) is 1.82. The van der Waals surface area contributed by atoms with Gasteiger partial charge >= 0.3 is 5.97 Å². The molecule has 0 amide bonds. The molecule has 74 valence electrons. The molecule has 0 aromatic heterocycles. The number of hydrogen-bond donors (Lipinski definition) is 1. The average molecular weight is 215 g/mol. The van der Waals surface area contributed by atoms with E-state index in [4.69, 9.17) is 16.7 Å². The van der Waals surface area contributed by atoms with Crippen LogP contribution >= 0.6 is 11.6 Å². The number of carboxylic acids is 1. The van der Waals surface area contributed by atoms with Crippen LogP contribution in [-0.4, -0.2) is 17.0 Å². The minimum Gasteiger partial charge on any atom is -0.478 e. The fraction of sp³-hybridized carbons (Fsp3) is 0.100. The third kappa shape index (κ3) is 2.33. The van der Waals surface area contributed by atoms with Gasteiger partial charge in [0.15, 0.2) is 0 Å². The Morgan fingerprint density at radius 1 is 1.57 bits per heavy atom. The first-order valence-corrected chi connectivity index (χ1v) is 4.44. The maximum atomic E-state index is 13.4. The Bertz CT molecular complexity index is 374. The summed E-state index contributed by atoms with van der Waals surface area (Å²) >= 11 is 5.38. The van der Waals surface area contributed by atoms with E-state index < -0.39 is 11.8 Å². The van der Waals surface area contributed by atoms with Crippen LogP contribution in [-0.2, 0) is 0 Å². The third-order valence-electron chi connectivity index (χ3n) is 1.65. The summed E-state index contributed by atoms with van der Waals surface area (Å²) in [7, 11) is 0. The quantitative estimate of drug-likeness (QED) is 0.786. The minimum atomic E-state index is -1.27. The number of hydrogen-bond acceptors (Lipinski definition) is 1. The van der Waals surface area contributed by atoms with Crippen LogP contribution in [0.3, 0.4) is 0 Å². The van der Waals surface area contributed by atoms with Crippen LogP contribution in [0.5, 0.6) is 0 Å². The molecule has 0 bridgehead atoms. The molecule has 0 aliphatic rings. The maximum Gasteiger partial charge on any atom is 0.338 e. The van der Waals surface area contributed by atoms with Crippen LogP contribution in [0.1, 0.15) is 15.9 Å². The van der Waals surface area contributed by atoms with Gasteiger partial charge in [-0.1, -0.05) is 24.3 Å². The van der Waals surface area contributed by atoms with E-state index in [1.807, 2.05) is 0 Å². The summed E-state index contributed by atoms with van der Waals surface area (Å²) in [6.45, 7) is 0. The van der Waals surface area contributed by atoms with Crippen LogP contribution in [0.2, 0.25) is 0 Å². The average Bonchev–Trinajstić information content (AvgIpc) is 2.16. The Morgan fingerprint density at radius 2 is 2.29 bits per heavy atom. The molecule has 0 fully saturated rings. The number of carbonyl (C=O) groups is 1. The van der Waals surface area contributed by atoms with Crippen molar-refractivity contribution in [3.8, 4) is 0 Å². The van der Waals surface area contributed by atoms with Crippen LogP contribution in [0, 0.1) is 5.82 Å². The summed E-state index contributed by atoms with van der Waals surface area (Å²) in [5.74, 6) is -1.75. The molecule has 0 spiro atoms. The lowest BCUT2D eigenvalue weighted by Crippen LogP contribution is -2.01. The number of alkyl halides is 1. The first kappa shape index (κ1) is 10.7. The highest BCUT2D eigenvalue weighted by molar-refractivity contribution is 6.19. The van der Waals surface area contributed by atoms with Gasteiger partial charge in [0.1, 0.15) is 5.82 Å². The zero-order chi connectivity index (χ0) is 10.6. The predicted octanol–water partition coefficient (Wildman–Crippen LogP) is 2.78. The number of aromatic carboxylic acids is 1. The van der Waals surface area contributed by atoms with Gasteiger partial charge in [0.25, 0.3) is 0 Å². The molecule has 1 aromatic carbocycles. The van der Waals surface area contributed by atoms with Gasteiger partial charge in [0.2, 0.25) is 0 Å². The van der Waals surface area contributed by atoms with Crippen molar-refractivity contribution in [3.63, 3.8) is 0 Å². The second kappa shape index (κ2) is 4.77. The highest BCUT2D eigenvalue weighted by Crippen LogP contribution is 2.14. The van der Waals surface area contributed by atoms with Crippen molar-refractivity contribution >= 4 is 23.6 Å². The molecule has 2 nitrogen and oxygen atoms in total. The molecule has 0 saturated carbocycles. The molecule has 1 N–H and O–H groups in total. The molecule has 4 heteroatoms. The summed E-state index contributed by atoms with van der Waals surface area (Å²) in [6, 6.07) is 4.20. The van der Waals surface area contributed by atoms with Crippen molar-refractivity contribution in [2.75, 3.05) is 5.88 Å². The van der Waals surface area contributed by atoms with Gasteiger partial charge in [-0.25, -0.2) is 9.18 Å². The zero-order valence-electron chi connectivity index (χ0n) is 7.21. The Kier molecular flexibility index (Phi) is 3.65. The summed E-state index contributed by atoms with van der Waals surface area (Å²) in [6.07, 6.45) is 3.00. The van der Waals surface area contributed by atoms with Crippen molar-refractivity contribution in [3.05, 3.63) is 41.2 Å². The molecule has 0 aliphatic heterocycles. The van der Waals surface area contributed by atoms with E-state index >= 15 is 0 Å². The van der Waals surface area contributed by atoms with E-state index in [2.05, 4.69) is 0 Å². The number of allylic oxidation sites excluding steroid dienone is 1. The lowest BCUT2D eigenvalue weighted by Gasteiger charge is -2.00. The van der Waals surface area contributed by atoms with Gasteiger partial charge in [-0.2, -0.15) is 0 Å². The first-order valence-electron chi connectivity index (χ1n) is 3.91. The Hall–Kier alpha value is -1.35. The molecule has 1 aromatic rings. The standard InChI is InChI=1S/C10H8ClFO2/c11-6-2-4-7-3-1-5-8(9(7)12)10(13)14/h1-5H,6H2,(H,13,14). The molecular formula is C10H8ClFO2. The van der Waals surface area contributed by atoms with Gasteiger partial charge in [0.05, 0.1) is 5.56 Å². The Balaban J connectivity index is 3.14. The Morgan fingerprint density at radius 3 is 2.86 bits per heavy atom. The zero-order valence-corrected chi connectivity index (χ0v) is 7.96. The smallest absolute Gasteiger partial charge is 0.338 e. The van der Waals surface area contributed by atoms with Crippen molar-refractivity contribution < 1.29 is 14.3 Å². The molecule has 0 atom stereocenters. The monoisotopic (exact) mass is 214 g/mol. The normalized spacial score (nSPS) is 10.7. The largest absolute Gasteiger partial charge is 0.478 e. The summed E-state index contributed by atoms with van der Waals surface area (Å²) in [4.78, 5) is 10.6. The molecule has 0 saturated heterocycles. The van der Waals surface area contributed by atoms with Crippen molar-refractivity contribution in [2.45, 2.75) is 0 Å².